The van der Waals surface area contributed by atoms with E-state index in [0.717, 1.165) is 5.66 Å². The first-order valence-corrected chi connectivity index (χ1v) is 5.83. The van der Waals surface area contributed by atoms with Crippen LogP contribution in [0.5, 0.6) is 0 Å². The fourth-order valence-electron chi connectivity index (χ4n) is 1.00. The van der Waals surface area contributed by atoms with Gasteiger partial charge in [0.2, 0.25) is 0 Å². The predicted octanol–water partition coefficient (Wildman–Crippen LogP) is 3.65. The Labute approximate surface area is 67.6 Å². The Morgan fingerprint density at radius 2 is 1.90 bits per heavy atom. The van der Waals surface area contributed by atoms with Gasteiger partial charge in [-0.3, -0.25) is 0 Å². The van der Waals surface area contributed by atoms with E-state index < -0.39 is 0 Å². The Morgan fingerprint density at radius 3 is 2.40 bits per heavy atom. The maximum Gasteiger partial charge on any atom is -0.0265 e. The van der Waals surface area contributed by atoms with Crippen molar-refractivity contribution >= 4 is 8.58 Å². The highest BCUT2D eigenvalue weighted by Crippen LogP contribution is 2.23. The number of hydrogen-bond donors (Lipinski definition) is 0. The second-order valence-electron chi connectivity index (χ2n) is 3.00. The van der Waals surface area contributed by atoms with Crippen LogP contribution in [0.2, 0.25) is 0 Å². The van der Waals surface area contributed by atoms with E-state index in [9.17, 15) is 0 Å². The molecule has 0 aliphatic carbocycles. The molecular weight excluding hydrogens is 139 g/mol. The van der Waals surface area contributed by atoms with Crippen molar-refractivity contribution in [2.75, 3.05) is 6.16 Å². The van der Waals surface area contributed by atoms with Crippen LogP contribution in [0, 0.1) is 0 Å². The Balaban J connectivity index is 3.00. The van der Waals surface area contributed by atoms with Crippen molar-refractivity contribution in [3.63, 3.8) is 0 Å². The molecule has 0 aliphatic rings. The molecule has 2 atom stereocenters. The summed E-state index contributed by atoms with van der Waals surface area (Å²) in [7, 11) is 1.22. The number of rotatable bonds is 6. The van der Waals surface area contributed by atoms with Gasteiger partial charge in [0.25, 0.3) is 0 Å². The molecule has 0 saturated carbocycles. The third kappa shape index (κ3) is 6.55. The molecular formula is C9H21P. The summed E-state index contributed by atoms with van der Waals surface area (Å²) >= 11 is 0. The van der Waals surface area contributed by atoms with Crippen LogP contribution in [-0.4, -0.2) is 11.8 Å². The second-order valence-corrected chi connectivity index (χ2v) is 4.89. The van der Waals surface area contributed by atoms with Gasteiger partial charge >= 0.3 is 0 Å². The van der Waals surface area contributed by atoms with Crippen LogP contribution in [0.4, 0.5) is 0 Å². The molecule has 2 unspecified atom stereocenters. The van der Waals surface area contributed by atoms with Gasteiger partial charge in [-0.15, -0.1) is 8.58 Å². The van der Waals surface area contributed by atoms with Gasteiger partial charge in [0, 0.05) is 0 Å². The fraction of sp³-hybridized carbons (Fsp3) is 1.00. The molecule has 10 heavy (non-hydrogen) atoms. The molecule has 0 amide bonds. The lowest BCUT2D eigenvalue weighted by molar-refractivity contribution is 0.709. The third-order valence-electron chi connectivity index (χ3n) is 1.73. The molecule has 0 heterocycles. The monoisotopic (exact) mass is 160 g/mol. The van der Waals surface area contributed by atoms with Crippen molar-refractivity contribution in [3.8, 4) is 0 Å². The Bertz CT molecular complexity index is 53.7. The first kappa shape index (κ1) is 10.4. The second kappa shape index (κ2) is 7.54. The number of unbranched alkanes of at least 4 members (excludes halogenated alkanes) is 1. The van der Waals surface area contributed by atoms with Crippen molar-refractivity contribution in [3.05, 3.63) is 0 Å². The van der Waals surface area contributed by atoms with Crippen molar-refractivity contribution in [1.82, 2.24) is 0 Å². The summed E-state index contributed by atoms with van der Waals surface area (Å²) in [6, 6.07) is 0. The quantitative estimate of drug-likeness (QED) is 0.520. The molecule has 62 valence electrons. The predicted molar refractivity (Wildman–Crippen MR) is 52.5 cm³/mol. The smallest absolute Gasteiger partial charge is 0.0265 e. The largest absolute Gasteiger partial charge is 0.119 e. The average molecular weight is 160 g/mol. The Hall–Kier alpha value is 0.430. The van der Waals surface area contributed by atoms with Gasteiger partial charge < -0.3 is 0 Å². The highest BCUT2D eigenvalue weighted by molar-refractivity contribution is 7.38. The summed E-state index contributed by atoms with van der Waals surface area (Å²) in [6.45, 7) is 6.94. The van der Waals surface area contributed by atoms with Gasteiger partial charge in [0.05, 0.1) is 0 Å². The Morgan fingerprint density at radius 1 is 1.20 bits per heavy atom. The summed E-state index contributed by atoms with van der Waals surface area (Å²) < 4.78 is 0. The highest BCUT2D eigenvalue weighted by atomic mass is 31.1. The standard InChI is InChI=1S/C9H21P/c1-4-6-7-9(3)10-8-5-2/h9-10H,4-8H2,1-3H3. The molecule has 0 aromatic rings. The van der Waals surface area contributed by atoms with Gasteiger partial charge in [-0.25, -0.2) is 0 Å². The maximum atomic E-state index is 2.39. The minimum Gasteiger partial charge on any atom is -0.119 e. The molecule has 0 N–H and O–H groups in total. The Kier molecular flexibility index (Phi) is 7.86. The van der Waals surface area contributed by atoms with Crippen molar-refractivity contribution in [2.45, 2.75) is 52.1 Å². The van der Waals surface area contributed by atoms with E-state index in [2.05, 4.69) is 20.8 Å². The lowest BCUT2D eigenvalue weighted by atomic mass is 10.2. The third-order valence-corrected chi connectivity index (χ3v) is 3.51. The van der Waals surface area contributed by atoms with Crippen LogP contribution in [0.3, 0.4) is 0 Å². The first-order valence-electron chi connectivity index (χ1n) is 4.54. The molecule has 1 heteroatoms. The summed E-state index contributed by atoms with van der Waals surface area (Å²) in [5, 5.41) is 0. The van der Waals surface area contributed by atoms with Crippen LogP contribution < -0.4 is 0 Å². The zero-order chi connectivity index (χ0) is 7.82. The van der Waals surface area contributed by atoms with Gasteiger partial charge in [-0.05, 0) is 18.2 Å². The summed E-state index contributed by atoms with van der Waals surface area (Å²) in [6.07, 6.45) is 7.06. The lowest BCUT2D eigenvalue weighted by Gasteiger charge is -2.08. The molecule has 0 fully saturated rings. The van der Waals surface area contributed by atoms with E-state index >= 15 is 0 Å². The van der Waals surface area contributed by atoms with E-state index in [4.69, 9.17) is 0 Å². The van der Waals surface area contributed by atoms with Crippen LogP contribution >= 0.6 is 8.58 Å². The normalized spacial score (nSPS) is 14.7. The number of hydrogen-bond acceptors (Lipinski definition) is 0. The van der Waals surface area contributed by atoms with E-state index in [0.29, 0.717) is 0 Å². The van der Waals surface area contributed by atoms with E-state index in [1.165, 1.54) is 40.4 Å². The van der Waals surface area contributed by atoms with Crippen molar-refractivity contribution in [2.24, 2.45) is 0 Å². The van der Waals surface area contributed by atoms with Crippen LogP contribution in [0.25, 0.3) is 0 Å². The highest BCUT2D eigenvalue weighted by Gasteiger charge is 1.98. The summed E-state index contributed by atoms with van der Waals surface area (Å²) in [5.74, 6) is 0. The fourth-order valence-corrected chi connectivity index (χ4v) is 2.19. The van der Waals surface area contributed by atoms with Crippen LogP contribution in [-0.2, 0) is 0 Å². The molecule has 0 spiro atoms. The topological polar surface area (TPSA) is 0 Å². The maximum absolute atomic E-state index is 2.39. The molecule has 0 nitrogen and oxygen atoms in total. The molecule has 0 aliphatic heterocycles. The molecule has 0 bridgehead atoms. The average Bonchev–Trinajstić information content (AvgIpc) is 1.97. The molecule has 0 aromatic heterocycles. The summed E-state index contributed by atoms with van der Waals surface area (Å²) in [4.78, 5) is 0. The first-order chi connectivity index (χ1) is 4.81. The SMILES string of the molecule is CCCCC(C)PCCC. The van der Waals surface area contributed by atoms with Gasteiger partial charge in [-0.2, -0.15) is 0 Å². The van der Waals surface area contributed by atoms with E-state index in [-0.39, 0.29) is 0 Å². The van der Waals surface area contributed by atoms with E-state index in [1.807, 2.05) is 0 Å². The molecule has 0 saturated heterocycles. The molecule has 0 aromatic carbocycles. The van der Waals surface area contributed by atoms with Gasteiger partial charge in [0.1, 0.15) is 0 Å². The summed E-state index contributed by atoms with van der Waals surface area (Å²) in [5.41, 5.74) is 1.000. The lowest BCUT2D eigenvalue weighted by Crippen LogP contribution is -1.93. The molecule has 0 radical (unpaired) electrons. The van der Waals surface area contributed by atoms with Crippen molar-refractivity contribution in [1.29, 1.82) is 0 Å². The zero-order valence-corrected chi connectivity index (χ0v) is 8.61. The van der Waals surface area contributed by atoms with Gasteiger partial charge in [0.15, 0.2) is 0 Å². The minimum absolute atomic E-state index is 1.000. The van der Waals surface area contributed by atoms with E-state index in [1.54, 1.807) is 0 Å². The zero-order valence-electron chi connectivity index (χ0n) is 7.61. The van der Waals surface area contributed by atoms with Crippen LogP contribution in [0.1, 0.15) is 46.5 Å². The van der Waals surface area contributed by atoms with Crippen molar-refractivity contribution < 1.29 is 0 Å². The van der Waals surface area contributed by atoms with Gasteiger partial charge in [-0.1, -0.05) is 40.0 Å². The van der Waals surface area contributed by atoms with Crippen LogP contribution in [0.15, 0.2) is 0 Å². The molecule has 0 rings (SSSR count). The minimum atomic E-state index is 1.000.